The number of esters is 1. The number of rotatable bonds is 7. The van der Waals surface area contributed by atoms with Crippen LogP contribution in [0.25, 0.3) is 5.57 Å². The molecular formula is C19H21NO6. The Hall–Kier alpha value is -2.96. The van der Waals surface area contributed by atoms with Gasteiger partial charge in [-0.15, -0.1) is 6.58 Å². The van der Waals surface area contributed by atoms with E-state index >= 15 is 0 Å². The van der Waals surface area contributed by atoms with E-state index in [0.29, 0.717) is 5.57 Å². The second-order valence-electron chi connectivity index (χ2n) is 6.40. The fraction of sp³-hybridized carbons (Fsp3) is 0.368. The van der Waals surface area contributed by atoms with Gasteiger partial charge in [0.05, 0.1) is 6.61 Å². The highest BCUT2D eigenvalue weighted by Gasteiger charge is 2.26. The minimum absolute atomic E-state index is 0.105. The molecule has 0 N–H and O–H groups in total. The summed E-state index contributed by atoms with van der Waals surface area (Å²) in [7, 11) is 0. The van der Waals surface area contributed by atoms with Crippen LogP contribution in [0.4, 0.5) is 0 Å². The molecule has 7 nitrogen and oxygen atoms in total. The molecule has 0 aromatic carbocycles. The molecule has 0 radical (unpaired) electrons. The van der Waals surface area contributed by atoms with Crippen molar-refractivity contribution in [3.63, 3.8) is 0 Å². The number of allylic oxidation sites excluding steroid dienone is 3. The lowest BCUT2D eigenvalue weighted by Gasteiger charge is -2.15. The fourth-order valence-electron chi connectivity index (χ4n) is 2.54. The number of hydrogen-bond donors (Lipinski definition) is 0. The summed E-state index contributed by atoms with van der Waals surface area (Å²) in [5, 5.41) is 11.0. The zero-order valence-electron chi connectivity index (χ0n) is 14.8. The first kappa shape index (κ1) is 19.4. The third kappa shape index (κ3) is 4.36. The molecule has 0 spiro atoms. The molecule has 1 aromatic heterocycles. The summed E-state index contributed by atoms with van der Waals surface area (Å²) < 4.78 is 10.6. The van der Waals surface area contributed by atoms with Gasteiger partial charge in [-0.1, -0.05) is 32.1 Å². The van der Waals surface area contributed by atoms with Crippen LogP contribution in [-0.4, -0.2) is 23.5 Å². The van der Waals surface area contributed by atoms with Crippen molar-refractivity contribution >= 4 is 11.5 Å². The third-order valence-corrected chi connectivity index (χ3v) is 3.83. The van der Waals surface area contributed by atoms with Crippen LogP contribution in [0, 0.1) is 16.0 Å². The molecule has 0 saturated carbocycles. The van der Waals surface area contributed by atoms with Crippen molar-refractivity contribution in [3.05, 3.63) is 74.4 Å². The fourth-order valence-corrected chi connectivity index (χ4v) is 2.54. The lowest BCUT2D eigenvalue weighted by molar-refractivity contribution is -0.508. The highest BCUT2D eigenvalue weighted by Crippen LogP contribution is 2.27. The van der Waals surface area contributed by atoms with E-state index in [1.54, 1.807) is 12.2 Å². The maximum absolute atomic E-state index is 12.7. The first-order chi connectivity index (χ1) is 12.3. The Morgan fingerprint density at radius 2 is 2.27 bits per heavy atom. The molecule has 0 amide bonds. The second kappa shape index (κ2) is 8.42. The van der Waals surface area contributed by atoms with Crippen molar-refractivity contribution in [2.75, 3.05) is 6.61 Å². The van der Waals surface area contributed by atoms with Crippen molar-refractivity contribution < 1.29 is 18.9 Å². The zero-order valence-corrected chi connectivity index (χ0v) is 14.8. The van der Waals surface area contributed by atoms with Crippen LogP contribution >= 0.6 is 0 Å². The molecule has 0 fully saturated rings. The molecule has 1 aliphatic rings. The maximum atomic E-state index is 12.7. The van der Waals surface area contributed by atoms with Crippen LogP contribution in [0.5, 0.6) is 0 Å². The van der Waals surface area contributed by atoms with Gasteiger partial charge in [-0.2, -0.15) is 0 Å². The Morgan fingerprint density at radius 1 is 1.54 bits per heavy atom. The van der Waals surface area contributed by atoms with Gasteiger partial charge in [-0.3, -0.25) is 14.9 Å². The van der Waals surface area contributed by atoms with Crippen molar-refractivity contribution in [3.8, 4) is 0 Å². The average molecular weight is 359 g/mol. The zero-order chi connectivity index (χ0) is 19.3. The predicted molar refractivity (Wildman–Crippen MR) is 96.5 cm³/mol. The molecule has 1 aromatic rings. The van der Waals surface area contributed by atoms with E-state index in [0.717, 1.165) is 6.26 Å². The van der Waals surface area contributed by atoms with Crippen molar-refractivity contribution in [2.45, 2.75) is 32.7 Å². The summed E-state index contributed by atoms with van der Waals surface area (Å²) in [6.45, 7) is 7.59. The summed E-state index contributed by atoms with van der Waals surface area (Å²) in [6.07, 6.45) is 7.57. The topological polar surface area (TPSA) is 99.7 Å². The van der Waals surface area contributed by atoms with Gasteiger partial charge < -0.3 is 9.15 Å². The van der Waals surface area contributed by atoms with Crippen LogP contribution in [0.2, 0.25) is 0 Å². The van der Waals surface area contributed by atoms with E-state index in [4.69, 9.17) is 9.15 Å². The van der Waals surface area contributed by atoms with Crippen LogP contribution in [0.3, 0.4) is 0 Å². The average Bonchev–Trinajstić information content (AvgIpc) is 2.61. The summed E-state index contributed by atoms with van der Waals surface area (Å²) in [5.74, 6) is -0.368. The second-order valence-corrected chi connectivity index (χ2v) is 6.40. The molecular weight excluding hydrogens is 338 g/mol. The minimum atomic E-state index is -0.882. The van der Waals surface area contributed by atoms with Crippen molar-refractivity contribution in [2.24, 2.45) is 5.92 Å². The summed E-state index contributed by atoms with van der Waals surface area (Å²) in [6, 6.07) is -0.882. The van der Waals surface area contributed by atoms with Crippen molar-refractivity contribution in [1.29, 1.82) is 0 Å². The Kier molecular flexibility index (Phi) is 6.27. The molecule has 1 atom stereocenters. The monoisotopic (exact) mass is 359 g/mol. The SMILES string of the molecule is C=CCc1c(C2=CC=CC([N+](=O)[O-])C2)occ(C(=O)OCC(C)C)c1=O. The van der Waals surface area contributed by atoms with Gasteiger partial charge in [0.15, 0.2) is 0 Å². The highest BCUT2D eigenvalue weighted by atomic mass is 16.6. The van der Waals surface area contributed by atoms with E-state index in [2.05, 4.69) is 6.58 Å². The van der Waals surface area contributed by atoms with Gasteiger partial charge in [0, 0.05) is 22.5 Å². The van der Waals surface area contributed by atoms with Crippen LogP contribution < -0.4 is 5.43 Å². The number of carbonyl (C=O) groups is 1. The molecule has 2 rings (SSSR count). The van der Waals surface area contributed by atoms with E-state index in [1.807, 2.05) is 13.8 Å². The molecule has 0 aliphatic heterocycles. The van der Waals surface area contributed by atoms with E-state index in [9.17, 15) is 19.7 Å². The van der Waals surface area contributed by atoms with Crippen LogP contribution in [0.15, 0.2) is 46.4 Å². The third-order valence-electron chi connectivity index (χ3n) is 3.83. The Labute approximate surface area is 150 Å². The predicted octanol–water partition coefficient (Wildman–Crippen LogP) is 3.17. The number of nitro groups is 1. The Balaban J connectivity index is 2.41. The molecule has 1 aliphatic carbocycles. The largest absolute Gasteiger partial charge is 0.463 e. The number of hydrogen-bond acceptors (Lipinski definition) is 6. The quantitative estimate of drug-likeness (QED) is 0.321. The lowest BCUT2D eigenvalue weighted by Crippen LogP contribution is -2.24. The smallest absolute Gasteiger partial charge is 0.345 e. The number of carbonyl (C=O) groups excluding carboxylic acids is 1. The molecule has 1 unspecified atom stereocenters. The molecule has 26 heavy (non-hydrogen) atoms. The molecule has 7 heteroatoms. The number of nitrogens with zero attached hydrogens (tertiary/aromatic N) is 1. The summed E-state index contributed by atoms with van der Waals surface area (Å²) in [4.78, 5) is 35.5. The van der Waals surface area contributed by atoms with E-state index < -0.39 is 22.4 Å². The molecule has 1 heterocycles. The molecule has 0 bridgehead atoms. The van der Waals surface area contributed by atoms with E-state index in [-0.39, 0.29) is 42.3 Å². The van der Waals surface area contributed by atoms with Crippen LogP contribution in [0.1, 0.15) is 41.9 Å². The van der Waals surface area contributed by atoms with Gasteiger partial charge in [0.2, 0.25) is 11.5 Å². The number of ether oxygens (including phenoxy) is 1. The minimum Gasteiger partial charge on any atom is -0.463 e. The molecule has 138 valence electrons. The first-order valence-electron chi connectivity index (χ1n) is 8.29. The Bertz CT molecular complexity index is 831. The van der Waals surface area contributed by atoms with Gasteiger partial charge in [0.1, 0.15) is 17.6 Å². The Morgan fingerprint density at radius 3 is 2.88 bits per heavy atom. The van der Waals surface area contributed by atoms with Gasteiger partial charge in [-0.05, 0) is 18.4 Å². The van der Waals surface area contributed by atoms with Gasteiger partial charge >= 0.3 is 5.97 Å². The molecule has 0 saturated heterocycles. The van der Waals surface area contributed by atoms with Crippen LogP contribution in [-0.2, 0) is 11.2 Å². The standard InChI is InChI=1S/C19H21NO6/c1-4-6-15-17(21)16(19(22)26-10-12(2)3)11-25-18(15)13-7-5-8-14(9-13)20(23)24/h4-5,7-8,11-12,14H,1,6,9-10H2,2-3H3. The van der Waals surface area contributed by atoms with Gasteiger partial charge in [0.25, 0.3) is 0 Å². The maximum Gasteiger partial charge on any atom is 0.345 e. The van der Waals surface area contributed by atoms with Gasteiger partial charge in [-0.25, -0.2) is 4.79 Å². The lowest BCUT2D eigenvalue weighted by atomic mass is 9.94. The first-order valence-corrected chi connectivity index (χ1v) is 8.29. The van der Waals surface area contributed by atoms with Crippen molar-refractivity contribution in [1.82, 2.24) is 0 Å². The summed E-state index contributed by atoms with van der Waals surface area (Å²) >= 11 is 0. The van der Waals surface area contributed by atoms with E-state index in [1.165, 1.54) is 12.2 Å². The highest BCUT2D eigenvalue weighted by molar-refractivity contribution is 5.89. The summed E-state index contributed by atoms with van der Waals surface area (Å²) in [5.41, 5.74) is 0.0740. The normalized spacial score (nSPS) is 16.3.